The molecular formula is C31H20F3I2O2S+. The maximum Gasteiger partial charge on any atom is 0.416 e. The zero-order valence-corrected chi connectivity index (χ0v) is 25.3. The number of benzene rings is 5. The molecule has 0 aromatic heterocycles. The Labute approximate surface area is 254 Å². The van der Waals surface area contributed by atoms with E-state index in [-0.39, 0.29) is 0 Å². The molecule has 5 aromatic rings. The third-order valence-electron chi connectivity index (χ3n) is 5.63. The lowest BCUT2D eigenvalue weighted by atomic mass is 10.2. The molecule has 0 heterocycles. The predicted octanol–water partition coefficient (Wildman–Crippen LogP) is 10.6. The molecule has 0 aliphatic carbocycles. The molecule has 0 saturated heterocycles. The van der Waals surface area contributed by atoms with Gasteiger partial charge in [-0.15, -0.1) is 0 Å². The fourth-order valence-electron chi connectivity index (χ4n) is 3.75. The van der Waals surface area contributed by atoms with Crippen molar-refractivity contribution in [3.63, 3.8) is 0 Å². The minimum Gasteiger partial charge on any atom is -0.457 e. The van der Waals surface area contributed by atoms with Crippen LogP contribution in [0.1, 0.15) is 5.56 Å². The summed E-state index contributed by atoms with van der Waals surface area (Å²) >= 11 is 4.48. The first-order chi connectivity index (χ1) is 18.7. The van der Waals surface area contributed by atoms with E-state index in [4.69, 9.17) is 9.47 Å². The summed E-state index contributed by atoms with van der Waals surface area (Å²) in [5.41, 5.74) is -0.669. The molecule has 0 N–H and O–H groups in total. The highest BCUT2D eigenvalue weighted by molar-refractivity contribution is 14.1. The van der Waals surface area contributed by atoms with Crippen LogP contribution in [-0.4, -0.2) is 0 Å². The average molecular weight is 767 g/mol. The Bertz CT molecular complexity index is 1430. The Kier molecular flexibility index (Phi) is 8.73. The molecule has 5 aromatic carbocycles. The van der Waals surface area contributed by atoms with Crippen molar-refractivity contribution < 1.29 is 22.6 Å². The first-order valence-electron chi connectivity index (χ1n) is 11.7. The summed E-state index contributed by atoms with van der Waals surface area (Å²) in [6.45, 7) is 0. The van der Waals surface area contributed by atoms with Crippen LogP contribution in [-0.2, 0) is 17.1 Å². The second-order valence-corrected chi connectivity index (χ2v) is 12.9. The predicted molar refractivity (Wildman–Crippen MR) is 165 cm³/mol. The highest BCUT2D eigenvalue weighted by atomic mass is 127. The van der Waals surface area contributed by atoms with Crippen LogP contribution in [0.4, 0.5) is 13.2 Å². The van der Waals surface area contributed by atoms with E-state index in [9.17, 15) is 13.2 Å². The highest BCUT2D eigenvalue weighted by Crippen LogP contribution is 2.36. The molecule has 39 heavy (non-hydrogen) atoms. The van der Waals surface area contributed by atoms with Gasteiger partial charge in [0.2, 0.25) is 0 Å². The van der Waals surface area contributed by atoms with Crippen molar-refractivity contribution in [2.24, 2.45) is 0 Å². The number of halogens is 5. The Balaban J connectivity index is 1.44. The average Bonchev–Trinajstić information content (AvgIpc) is 2.93. The lowest BCUT2D eigenvalue weighted by molar-refractivity contribution is -0.137. The van der Waals surface area contributed by atoms with Gasteiger partial charge in [0.1, 0.15) is 23.0 Å². The molecule has 0 atom stereocenters. The zero-order valence-electron chi connectivity index (χ0n) is 20.2. The van der Waals surface area contributed by atoms with Crippen LogP contribution in [0.25, 0.3) is 0 Å². The maximum atomic E-state index is 13.2. The number of alkyl halides is 3. The van der Waals surface area contributed by atoms with E-state index in [1.165, 1.54) is 0 Å². The monoisotopic (exact) mass is 767 g/mol. The molecule has 0 fully saturated rings. The second-order valence-electron chi connectivity index (χ2n) is 8.38. The maximum absolute atomic E-state index is 13.2. The number of hydrogen-bond donors (Lipinski definition) is 0. The van der Waals surface area contributed by atoms with Crippen LogP contribution in [0, 0.1) is 7.14 Å². The van der Waals surface area contributed by atoms with E-state index in [1.807, 2.05) is 97.1 Å². The van der Waals surface area contributed by atoms with Crippen molar-refractivity contribution in [2.75, 3.05) is 0 Å². The summed E-state index contributed by atoms with van der Waals surface area (Å²) in [6.07, 6.45) is -4.39. The highest BCUT2D eigenvalue weighted by Gasteiger charge is 2.33. The largest absolute Gasteiger partial charge is 0.457 e. The van der Waals surface area contributed by atoms with Crippen molar-refractivity contribution >= 4 is 56.1 Å². The van der Waals surface area contributed by atoms with Crippen LogP contribution >= 0.6 is 45.2 Å². The van der Waals surface area contributed by atoms with Gasteiger partial charge >= 0.3 is 6.18 Å². The van der Waals surface area contributed by atoms with E-state index in [1.54, 1.807) is 12.1 Å². The minimum absolute atomic E-state index is 0.646. The molecule has 5 rings (SSSR count). The van der Waals surface area contributed by atoms with E-state index < -0.39 is 22.6 Å². The van der Waals surface area contributed by atoms with Crippen LogP contribution in [0.3, 0.4) is 0 Å². The Morgan fingerprint density at radius 3 is 1.03 bits per heavy atom. The summed E-state index contributed by atoms with van der Waals surface area (Å²) < 4.78 is 53.9. The molecule has 0 amide bonds. The lowest BCUT2D eigenvalue weighted by Gasteiger charge is -2.12. The molecule has 196 valence electrons. The topological polar surface area (TPSA) is 18.5 Å². The van der Waals surface area contributed by atoms with Gasteiger partial charge < -0.3 is 9.47 Å². The second kappa shape index (κ2) is 12.2. The molecule has 2 nitrogen and oxygen atoms in total. The van der Waals surface area contributed by atoms with Crippen LogP contribution in [0.5, 0.6) is 23.0 Å². The quantitative estimate of drug-likeness (QED) is 0.121. The summed E-state index contributed by atoms with van der Waals surface area (Å²) in [6, 6.07) is 36.2. The summed E-state index contributed by atoms with van der Waals surface area (Å²) in [5.74, 6) is 2.82. The van der Waals surface area contributed by atoms with Crippen molar-refractivity contribution in [2.45, 2.75) is 20.9 Å². The Morgan fingerprint density at radius 2 is 0.718 bits per heavy atom. The molecular weight excluding hydrogens is 747 g/mol. The van der Waals surface area contributed by atoms with Crippen molar-refractivity contribution in [3.8, 4) is 23.0 Å². The third-order valence-corrected chi connectivity index (χ3v) is 9.30. The van der Waals surface area contributed by atoms with E-state index in [2.05, 4.69) is 45.2 Å². The molecule has 0 spiro atoms. The number of hydrogen-bond acceptors (Lipinski definition) is 2. The van der Waals surface area contributed by atoms with Gasteiger partial charge in [-0.2, -0.15) is 13.2 Å². The van der Waals surface area contributed by atoms with Crippen molar-refractivity contribution in [1.29, 1.82) is 0 Å². The van der Waals surface area contributed by atoms with Crippen LogP contribution < -0.4 is 9.47 Å². The molecule has 0 saturated carbocycles. The zero-order chi connectivity index (χ0) is 27.4. The molecule has 0 radical (unpaired) electrons. The van der Waals surface area contributed by atoms with Gasteiger partial charge in [-0.1, -0.05) is 0 Å². The van der Waals surface area contributed by atoms with Gasteiger partial charge in [0.15, 0.2) is 14.7 Å². The van der Waals surface area contributed by atoms with Crippen molar-refractivity contribution in [1.82, 2.24) is 0 Å². The van der Waals surface area contributed by atoms with Gasteiger partial charge in [0.25, 0.3) is 0 Å². The SMILES string of the molecule is FC(F)(F)c1ccc([S+](c2ccc(Oc3ccc(I)cc3)cc2)c2ccc(Oc3ccc(I)cc3)cc2)cc1. The molecule has 8 heteroatoms. The third kappa shape index (κ3) is 7.29. The smallest absolute Gasteiger partial charge is 0.416 e. The van der Waals surface area contributed by atoms with Crippen LogP contribution in [0.2, 0.25) is 0 Å². The lowest BCUT2D eigenvalue weighted by Crippen LogP contribution is -2.08. The Morgan fingerprint density at radius 1 is 0.436 bits per heavy atom. The van der Waals surface area contributed by atoms with Crippen LogP contribution in [0.15, 0.2) is 136 Å². The Hall–Kier alpha value is -2.70. The number of ether oxygens (including phenoxy) is 2. The summed E-state index contributed by atoms with van der Waals surface area (Å²) in [7, 11) is -0.646. The standard InChI is InChI=1S/C31H20F3I2O2S/c32-31(33,34)21-1-15-28(16-2-21)39(29-17-11-26(12-18-29)37-24-7-3-22(35)4-8-24)30-19-13-27(14-20-30)38-25-9-5-23(36)6-10-25/h1-20H/q+1. The van der Waals surface area contributed by atoms with Gasteiger partial charge in [0.05, 0.1) is 16.5 Å². The fraction of sp³-hybridized carbons (Fsp3) is 0.0323. The van der Waals surface area contributed by atoms with Gasteiger partial charge in [0, 0.05) is 7.14 Å². The van der Waals surface area contributed by atoms with Gasteiger partial charge in [-0.05, 0) is 167 Å². The van der Waals surface area contributed by atoms with E-state index in [0.717, 1.165) is 45.5 Å². The normalized spacial score (nSPS) is 11.4. The first-order valence-corrected chi connectivity index (χ1v) is 15.1. The molecule has 0 aliphatic heterocycles. The van der Waals surface area contributed by atoms with Gasteiger partial charge in [-0.25, -0.2) is 0 Å². The van der Waals surface area contributed by atoms with E-state index in [0.29, 0.717) is 11.5 Å². The number of rotatable bonds is 7. The van der Waals surface area contributed by atoms with E-state index >= 15 is 0 Å². The summed E-state index contributed by atoms with van der Waals surface area (Å²) in [5, 5.41) is 0. The summed E-state index contributed by atoms with van der Waals surface area (Å²) in [4.78, 5) is 2.69. The van der Waals surface area contributed by atoms with Crippen molar-refractivity contribution in [3.05, 3.63) is 134 Å². The minimum atomic E-state index is -4.39. The molecule has 0 aliphatic rings. The van der Waals surface area contributed by atoms with Gasteiger partial charge in [-0.3, -0.25) is 0 Å². The first kappa shape index (κ1) is 27.9. The molecule has 0 bridgehead atoms. The molecule has 0 unspecified atom stereocenters. The fourth-order valence-corrected chi connectivity index (χ4v) is 6.51.